The van der Waals surface area contributed by atoms with E-state index in [0.717, 1.165) is 10.2 Å². The molecule has 2 heterocycles. The fourth-order valence-electron chi connectivity index (χ4n) is 2.02. The maximum absolute atomic E-state index is 13.8. The van der Waals surface area contributed by atoms with Crippen LogP contribution in [0.4, 0.5) is 21.8 Å². The summed E-state index contributed by atoms with van der Waals surface area (Å²) < 4.78 is 16.3. The van der Waals surface area contributed by atoms with Crippen molar-refractivity contribution in [1.82, 2.24) is 19.7 Å². The Hall–Kier alpha value is -2.19. The number of aromatic nitrogens is 4. The second-order valence-electron chi connectivity index (χ2n) is 5.01. The predicted molar refractivity (Wildman–Crippen MR) is 95.0 cm³/mol. The summed E-state index contributed by atoms with van der Waals surface area (Å²) in [6.07, 6.45) is 4.93. The Balaban J connectivity index is 1.75. The first-order valence-corrected chi connectivity index (χ1v) is 8.14. The van der Waals surface area contributed by atoms with Gasteiger partial charge in [-0.25, -0.2) is 9.37 Å². The smallest absolute Gasteiger partial charge is 0.229 e. The lowest BCUT2D eigenvalue weighted by atomic mass is 10.2. The largest absolute Gasteiger partial charge is 0.364 e. The number of anilines is 3. The molecule has 0 amide bonds. The number of nitrogens with one attached hydrogen (secondary N) is 2. The second kappa shape index (κ2) is 7.14. The van der Waals surface area contributed by atoms with Crippen LogP contribution >= 0.6 is 27.5 Å². The van der Waals surface area contributed by atoms with E-state index in [1.54, 1.807) is 29.2 Å². The molecule has 0 radical (unpaired) electrons. The summed E-state index contributed by atoms with van der Waals surface area (Å²) in [4.78, 5) is 8.42. The minimum Gasteiger partial charge on any atom is -0.364 e. The van der Waals surface area contributed by atoms with Gasteiger partial charge in [-0.2, -0.15) is 10.1 Å². The molecule has 124 valence electrons. The van der Waals surface area contributed by atoms with Crippen LogP contribution in [0.15, 0.2) is 41.3 Å². The molecule has 0 unspecified atom stereocenters. The molecule has 0 atom stereocenters. The number of hydrogen-bond donors (Lipinski definition) is 2. The third kappa shape index (κ3) is 4.01. The number of aryl methyl sites for hydroxylation is 1. The number of rotatable bonds is 5. The highest BCUT2D eigenvalue weighted by atomic mass is 79.9. The van der Waals surface area contributed by atoms with E-state index in [0.29, 0.717) is 22.4 Å². The Labute approximate surface area is 151 Å². The lowest BCUT2D eigenvalue weighted by molar-refractivity contribution is 0.612. The van der Waals surface area contributed by atoms with Gasteiger partial charge in [0.25, 0.3) is 0 Å². The fourth-order valence-corrected chi connectivity index (χ4v) is 2.59. The van der Waals surface area contributed by atoms with Crippen molar-refractivity contribution in [3.8, 4) is 0 Å². The van der Waals surface area contributed by atoms with Gasteiger partial charge in [0.2, 0.25) is 5.95 Å². The minimum absolute atomic E-state index is 0.244. The molecule has 0 aliphatic heterocycles. The van der Waals surface area contributed by atoms with E-state index >= 15 is 0 Å². The van der Waals surface area contributed by atoms with Gasteiger partial charge >= 0.3 is 0 Å². The van der Waals surface area contributed by atoms with Gasteiger partial charge in [-0.15, -0.1) is 0 Å². The van der Waals surface area contributed by atoms with Gasteiger partial charge in [-0.05, 0) is 18.2 Å². The normalized spacial score (nSPS) is 10.7. The van der Waals surface area contributed by atoms with E-state index in [1.165, 1.54) is 12.3 Å². The Kier molecular flexibility index (Phi) is 4.96. The molecular formula is C15H13BrClFN6. The molecule has 0 aliphatic carbocycles. The van der Waals surface area contributed by atoms with Crippen LogP contribution in [0.2, 0.25) is 5.02 Å². The van der Waals surface area contributed by atoms with Crippen LogP contribution < -0.4 is 10.6 Å². The van der Waals surface area contributed by atoms with Crippen LogP contribution in [0.3, 0.4) is 0 Å². The quantitative estimate of drug-likeness (QED) is 0.661. The zero-order valence-electron chi connectivity index (χ0n) is 12.6. The molecule has 1 aromatic carbocycles. The van der Waals surface area contributed by atoms with Gasteiger partial charge < -0.3 is 10.6 Å². The van der Waals surface area contributed by atoms with E-state index in [4.69, 9.17) is 11.6 Å². The van der Waals surface area contributed by atoms with Crippen LogP contribution in [0.5, 0.6) is 0 Å². The van der Waals surface area contributed by atoms with Gasteiger partial charge in [0.1, 0.15) is 10.8 Å². The molecule has 6 nitrogen and oxygen atoms in total. The summed E-state index contributed by atoms with van der Waals surface area (Å²) in [6, 6.07) is 4.75. The topological polar surface area (TPSA) is 67.7 Å². The number of nitrogens with zero attached hydrogens (tertiary/aromatic N) is 4. The number of halogens is 3. The first kappa shape index (κ1) is 16.7. The Morgan fingerprint density at radius 2 is 2.17 bits per heavy atom. The number of benzene rings is 1. The highest BCUT2D eigenvalue weighted by Crippen LogP contribution is 2.23. The lowest BCUT2D eigenvalue weighted by Crippen LogP contribution is -2.06. The van der Waals surface area contributed by atoms with Crippen LogP contribution in [0, 0.1) is 5.82 Å². The van der Waals surface area contributed by atoms with Gasteiger partial charge in [0.15, 0.2) is 5.82 Å². The van der Waals surface area contributed by atoms with Crippen molar-refractivity contribution in [1.29, 1.82) is 0 Å². The SMILES string of the molecule is Cn1cc(Nc2ncc(Cl)c(NCc3cc(Br)ccc3F)n2)cn1. The van der Waals surface area contributed by atoms with E-state index in [9.17, 15) is 4.39 Å². The van der Waals surface area contributed by atoms with Gasteiger partial charge in [-0.3, -0.25) is 4.68 Å². The van der Waals surface area contributed by atoms with E-state index in [2.05, 4.69) is 41.6 Å². The minimum atomic E-state index is -0.301. The first-order valence-electron chi connectivity index (χ1n) is 6.97. The van der Waals surface area contributed by atoms with Crippen LogP contribution in [-0.4, -0.2) is 19.7 Å². The summed E-state index contributed by atoms with van der Waals surface area (Å²) >= 11 is 9.43. The fraction of sp³-hybridized carbons (Fsp3) is 0.133. The van der Waals surface area contributed by atoms with Crippen molar-refractivity contribution in [2.45, 2.75) is 6.54 Å². The molecule has 3 aromatic rings. The molecule has 0 fully saturated rings. The van der Waals surface area contributed by atoms with Crippen molar-refractivity contribution in [2.24, 2.45) is 7.05 Å². The van der Waals surface area contributed by atoms with Gasteiger partial charge in [0, 0.05) is 29.8 Å². The molecule has 0 aliphatic rings. The lowest BCUT2D eigenvalue weighted by Gasteiger charge is -2.10. The van der Waals surface area contributed by atoms with Crippen molar-refractivity contribution in [2.75, 3.05) is 10.6 Å². The standard InChI is InChI=1S/C15H13BrClFN6/c1-24-8-11(6-21-24)22-15-20-7-12(17)14(23-15)19-5-9-4-10(16)2-3-13(9)18/h2-4,6-8H,5H2,1H3,(H2,19,20,22,23). The molecular weight excluding hydrogens is 399 g/mol. The highest BCUT2D eigenvalue weighted by molar-refractivity contribution is 9.10. The van der Waals surface area contributed by atoms with Crippen LogP contribution in [-0.2, 0) is 13.6 Å². The Bertz CT molecular complexity index is 869. The summed E-state index contributed by atoms with van der Waals surface area (Å²) in [5.74, 6) is 0.478. The molecule has 24 heavy (non-hydrogen) atoms. The van der Waals surface area contributed by atoms with Crippen LogP contribution in [0.1, 0.15) is 5.56 Å². The molecule has 3 rings (SSSR count). The van der Waals surface area contributed by atoms with Gasteiger partial charge in [0.05, 0.1) is 18.1 Å². The molecule has 0 saturated heterocycles. The molecule has 9 heteroatoms. The maximum atomic E-state index is 13.8. The summed E-state index contributed by atoms with van der Waals surface area (Å²) in [7, 11) is 1.81. The zero-order chi connectivity index (χ0) is 17.1. The van der Waals surface area contributed by atoms with Crippen LogP contribution in [0.25, 0.3) is 0 Å². The van der Waals surface area contributed by atoms with Crippen molar-refractivity contribution in [3.63, 3.8) is 0 Å². The summed E-state index contributed by atoms with van der Waals surface area (Å²) in [5.41, 5.74) is 1.25. The van der Waals surface area contributed by atoms with Crippen molar-refractivity contribution in [3.05, 3.63) is 57.7 Å². The van der Waals surface area contributed by atoms with E-state index in [-0.39, 0.29) is 12.4 Å². The third-order valence-corrected chi connectivity index (χ3v) is 3.93. The Morgan fingerprint density at radius 1 is 1.33 bits per heavy atom. The molecule has 0 saturated carbocycles. The molecule has 2 N–H and O–H groups in total. The monoisotopic (exact) mass is 410 g/mol. The number of hydrogen-bond acceptors (Lipinski definition) is 5. The first-order chi connectivity index (χ1) is 11.5. The van der Waals surface area contributed by atoms with E-state index < -0.39 is 0 Å². The Morgan fingerprint density at radius 3 is 2.92 bits per heavy atom. The van der Waals surface area contributed by atoms with Crippen molar-refractivity contribution >= 4 is 45.0 Å². The average Bonchev–Trinajstić information content (AvgIpc) is 2.96. The maximum Gasteiger partial charge on any atom is 0.229 e. The molecule has 2 aromatic heterocycles. The predicted octanol–water partition coefficient (Wildman–Crippen LogP) is 4.12. The van der Waals surface area contributed by atoms with Gasteiger partial charge in [-0.1, -0.05) is 27.5 Å². The second-order valence-corrected chi connectivity index (χ2v) is 6.33. The average molecular weight is 412 g/mol. The van der Waals surface area contributed by atoms with E-state index in [1.807, 2.05) is 7.05 Å². The highest BCUT2D eigenvalue weighted by Gasteiger charge is 2.08. The zero-order valence-corrected chi connectivity index (χ0v) is 14.9. The summed E-state index contributed by atoms with van der Waals surface area (Å²) in [6.45, 7) is 0.244. The third-order valence-electron chi connectivity index (χ3n) is 3.16. The molecule has 0 bridgehead atoms. The molecule has 0 spiro atoms. The van der Waals surface area contributed by atoms with Crippen molar-refractivity contribution < 1.29 is 4.39 Å². The summed E-state index contributed by atoms with van der Waals surface area (Å²) in [5, 5.41) is 10.5.